The van der Waals surface area contributed by atoms with Gasteiger partial charge in [0.15, 0.2) is 0 Å². The van der Waals surface area contributed by atoms with Gasteiger partial charge < -0.3 is 4.74 Å². The summed E-state index contributed by atoms with van der Waals surface area (Å²) in [6, 6.07) is 27.7. The lowest BCUT2D eigenvalue weighted by atomic mass is 10.0. The standard InChI is InChI=1S/C24H16F2O/c25-19-11-13-23(21(15-19)17-7-3-1-4-8-17)27-24-14-12-20(26)16-22(24)18-9-5-2-6-10-18/h1-16H. The fraction of sp³-hybridized carbons (Fsp3) is 0. The third-order valence-electron chi connectivity index (χ3n) is 4.27. The zero-order valence-electron chi connectivity index (χ0n) is 14.4. The summed E-state index contributed by atoms with van der Waals surface area (Å²) in [7, 11) is 0. The highest BCUT2D eigenvalue weighted by atomic mass is 19.1. The smallest absolute Gasteiger partial charge is 0.135 e. The number of rotatable bonds is 4. The first-order valence-corrected chi connectivity index (χ1v) is 8.58. The van der Waals surface area contributed by atoms with Crippen LogP contribution in [0.4, 0.5) is 8.78 Å². The first-order chi connectivity index (χ1) is 13.2. The molecular formula is C24H16F2O. The summed E-state index contributed by atoms with van der Waals surface area (Å²) in [4.78, 5) is 0. The van der Waals surface area contributed by atoms with Gasteiger partial charge in [0.05, 0.1) is 0 Å². The van der Waals surface area contributed by atoms with E-state index in [0.29, 0.717) is 22.6 Å². The molecule has 0 aliphatic carbocycles. The summed E-state index contributed by atoms with van der Waals surface area (Å²) in [5.41, 5.74) is 2.96. The monoisotopic (exact) mass is 358 g/mol. The molecule has 0 N–H and O–H groups in total. The Balaban J connectivity index is 1.80. The number of benzene rings is 4. The Morgan fingerprint density at radius 3 is 1.30 bits per heavy atom. The van der Waals surface area contributed by atoms with E-state index in [9.17, 15) is 8.78 Å². The van der Waals surface area contributed by atoms with Crippen molar-refractivity contribution in [2.75, 3.05) is 0 Å². The quantitative estimate of drug-likeness (QED) is 0.378. The Morgan fingerprint density at radius 2 is 0.889 bits per heavy atom. The van der Waals surface area contributed by atoms with Crippen molar-refractivity contribution in [3.63, 3.8) is 0 Å². The molecule has 0 saturated heterocycles. The summed E-state index contributed by atoms with van der Waals surface area (Å²) in [6.45, 7) is 0. The second kappa shape index (κ2) is 7.42. The third-order valence-corrected chi connectivity index (χ3v) is 4.27. The van der Waals surface area contributed by atoms with E-state index in [2.05, 4.69) is 0 Å². The topological polar surface area (TPSA) is 9.23 Å². The predicted octanol–water partition coefficient (Wildman–Crippen LogP) is 7.09. The largest absolute Gasteiger partial charge is 0.456 e. The van der Waals surface area contributed by atoms with E-state index in [1.165, 1.54) is 24.3 Å². The predicted molar refractivity (Wildman–Crippen MR) is 104 cm³/mol. The van der Waals surface area contributed by atoms with Crippen molar-refractivity contribution in [1.29, 1.82) is 0 Å². The van der Waals surface area contributed by atoms with Crippen LogP contribution in [0.1, 0.15) is 0 Å². The molecule has 0 aromatic heterocycles. The van der Waals surface area contributed by atoms with Crippen LogP contribution in [0.15, 0.2) is 97.1 Å². The zero-order chi connectivity index (χ0) is 18.6. The molecule has 0 bridgehead atoms. The lowest BCUT2D eigenvalue weighted by Gasteiger charge is -2.15. The first-order valence-electron chi connectivity index (χ1n) is 8.58. The molecule has 1 nitrogen and oxygen atoms in total. The summed E-state index contributed by atoms with van der Waals surface area (Å²) in [6.07, 6.45) is 0. The molecule has 4 rings (SSSR count). The highest BCUT2D eigenvalue weighted by molar-refractivity contribution is 5.74. The molecule has 0 radical (unpaired) electrons. The van der Waals surface area contributed by atoms with Crippen LogP contribution in [-0.4, -0.2) is 0 Å². The van der Waals surface area contributed by atoms with E-state index >= 15 is 0 Å². The minimum atomic E-state index is -0.344. The Morgan fingerprint density at radius 1 is 0.481 bits per heavy atom. The van der Waals surface area contributed by atoms with Gasteiger partial charge in [0.1, 0.15) is 23.1 Å². The van der Waals surface area contributed by atoms with Crippen LogP contribution in [0.3, 0.4) is 0 Å². The molecule has 0 saturated carbocycles. The van der Waals surface area contributed by atoms with Crippen molar-refractivity contribution in [1.82, 2.24) is 0 Å². The van der Waals surface area contributed by atoms with E-state index in [1.54, 1.807) is 12.1 Å². The van der Waals surface area contributed by atoms with Crippen LogP contribution < -0.4 is 4.74 Å². The summed E-state index contributed by atoms with van der Waals surface area (Å²) in [5, 5.41) is 0. The minimum Gasteiger partial charge on any atom is -0.456 e. The van der Waals surface area contributed by atoms with Crippen LogP contribution in [0, 0.1) is 11.6 Å². The van der Waals surface area contributed by atoms with Gasteiger partial charge in [-0.1, -0.05) is 60.7 Å². The van der Waals surface area contributed by atoms with E-state index in [-0.39, 0.29) is 11.6 Å². The normalized spacial score (nSPS) is 10.6. The Labute approximate surface area is 156 Å². The third kappa shape index (κ3) is 3.72. The van der Waals surface area contributed by atoms with Crippen molar-refractivity contribution in [2.45, 2.75) is 0 Å². The lowest BCUT2D eigenvalue weighted by molar-refractivity contribution is 0.482. The molecule has 4 aromatic carbocycles. The van der Waals surface area contributed by atoms with E-state index < -0.39 is 0 Å². The molecular weight excluding hydrogens is 342 g/mol. The molecule has 3 heteroatoms. The van der Waals surface area contributed by atoms with Gasteiger partial charge in [0.25, 0.3) is 0 Å². The van der Waals surface area contributed by atoms with Gasteiger partial charge in [-0.05, 0) is 47.5 Å². The minimum absolute atomic E-state index is 0.344. The van der Waals surface area contributed by atoms with Gasteiger partial charge in [0.2, 0.25) is 0 Å². The molecule has 0 aliphatic heterocycles. The maximum absolute atomic E-state index is 13.9. The highest BCUT2D eigenvalue weighted by Crippen LogP contribution is 2.38. The summed E-state index contributed by atoms with van der Waals surface area (Å²) in [5.74, 6) is 0.324. The second-order valence-electron chi connectivity index (χ2n) is 6.12. The van der Waals surface area contributed by atoms with E-state index in [1.807, 2.05) is 60.7 Å². The lowest BCUT2D eigenvalue weighted by Crippen LogP contribution is -1.93. The fourth-order valence-electron chi connectivity index (χ4n) is 2.99. The molecule has 0 heterocycles. The van der Waals surface area contributed by atoms with Crippen LogP contribution in [0.5, 0.6) is 11.5 Å². The van der Waals surface area contributed by atoms with Crippen LogP contribution in [0.25, 0.3) is 22.3 Å². The average molecular weight is 358 g/mol. The number of hydrogen-bond donors (Lipinski definition) is 0. The maximum atomic E-state index is 13.9. The van der Waals surface area contributed by atoms with Crippen molar-refractivity contribution in [2.24, 2.45) is 0 Å². The van der Waals surface area contributed by atoms with Crippen molar-refractivity contribution in [3.8, 4) is 33.8 Å². The molecule has 4 aromatic rings. The fourth-order valence-corrected chi connectivity index (χ4v) is 2.99. The summed E-state index contributed by atoms with van der Waals surface area (Å²) >= 11 is 0. The molecule has 0 atom stereocenters. The van der Waals surface area contributed by atoms with Crippen molar-refractivity contribution >= 4 is 0 Å². The van der Waals surface area contributed by atoms with Gasteiger partial charge in [-0.25, -0.2) is 8.78 Å². The SMILES string of the molecule is Fc1ccc(Oc2ccc(F)cc2-c2ccccc2)c(-c2ccccc2)c1. The van der Waals surface area contributed by atoms with Gasteiger partial charge in [-0.15, -0.1) is 0 Å². The Kier molecular flexibility index (Phi) is 4.67. The molecule has 0 aliphatic rings. The van der Waals surface area contributed by atoms with Crippen molar-refractivity contribution in [3.05, 3.63) is 109 Å². The molecule has 0 spiro atoms. The van der Waals surface area contributed by atoms with Crippen LogP contribution in [0.2, 0.25) is 0 Å². The molecule has 0 unspecified atom stereocenters. The van der Waals surface area contributed by atoms with Gasteiger partial charge in [0, 0.05) is 11.1 Å². The Hall–Kier alpha value is -3.46. The molecule has 0 amide bonds. The van der Waals surface area contributed by atoms with Gasteiger partial charge in [-0.2, -0.15) is 0 Å². The highest BCUT2D eigenvalue weighted by Gasteiger charge is 2.13. The van der Waals surface area contributed by atoms with E-state index in [4.69, 9.17) is 4.74 Å². The molecule has 0 fully saturated rings. The van der Waals surface area contributed by atoms with Gasteiger partial charge >= 0.3 is 0 Å². The van der Waals surface area contributed by atoms with Crippen LogP contribution in [-0.2, 0) is 0 Å². The van der Waals surface area contributed by atoms with Crippen molar-refractivity contribution < 1.29 is 13.5 Å². The number of ether oxygens (including phenoxy) is 1. The summed E-state index contributed by atoms with van der Waals surface area (Å²) < 4.78 is 33.9. The maximum Gasteiger partial charge on any atom is 0.135 e. The number of hydrogen-bond acceptors (Lipinski definition) is 1. The zero-order valence-corrected chi connectivity index (χ0v) is 14.4. The van der Waals surface area contributed by atoms with Crippen LogP contribution >= 0.6 is 0 Å². The van der Waals surface area contributed by atoms with E-state index in [0.717, 1.165) is 11.1 Å². The average Bonchev–Trinajstić information content (AvgIpc) is 2.72. The molecule has 132 valence electrons. The Bertz CT molecular complexity index is 973. The second-order valence-corrected chi connectivity index (χ2v) is 6.12. The number of halogens is 2. The molecule has 27 heavy (non-hydrogen) atoms. The first kappa shape index (κ1) is 17.0. The van der Waals surface area contributed by atoms with Gasteiger partial charge in [-0.3, -0.25) is 0 Å².